The van der Waals surface area contributed by atoms with E-state index in [1.807, 2.05) is 106 Å². The Morgan fingerprint density at radius 3 is 2.12 bits per heavy atom. The van der Waals surface area contributed by atoms with E-state index in [1.54, 1.807) is 0 Å². The molecule has 0 aromatic heterocycles. The van der Waals surface area contributed by atoms with Crippen LogP contribution in [-0.2, 0) is 9.59 Å². The molecule has 6 heteroatoms. The number of imide groups is 1. The van der Waals surface area contributed by atoms with Gasteiger partial charge in [-0.3, -0.25) is 9.59 Å². The van der Waals surface area contributed by atoms with Crippen LogP contribution in [0, 0.1) is 13.8 Å². The molecule has 1 aliphatic heterocycles. The number of rotatable bonds is 7. The highest BCUT2D eigenvalue weighted by atomic mass is 16.5. The molecule has 0 unspecified atom stereocenters. The van der Waals surface area contributed by atoms with Gasteiger partial charge in [0.1, 0.15) is 11.4 Å². The Labute approximate surface area is 200 Å². The zero-order valence-electron chi connectivity index (χ0n) is 20.2. The number of hydrogen-bond acceptors (Lipinski definition) is 5. The summed E-state index contributed by atoms with van der Waals surface area (Å²) in [6.07, 6.45) is 0. The fourth-order valence-corrected chi connectivity index (χ4v) is 3.88. The van der Waals surface area contributed by atoms with E-state index in [0.717, 1.165) is 22.5 Å². The van der Waals surface area contributed by atoms with E-state index in [9.17, 15) is 9.59 Å². The van der Waals surface area contributed by atoms with Gasteiger partial charge in [0, 0.05) is 25.5 Å². The fourth-order valence-electron chi connectivity index (χ4n) is 3.88. The summed E-state index contributed by atoms with van der Waals surface area (Å²) < 4.78 is 5.54. The van der Waals surface area contributed by atoms with Crippen molar-refractivity contribution in [1.29, 1.82) is 0 Å². The molecule has 0 atom stereocenters. The minimum absolute atomic E-state index is 0.255. The molecule has 0 spiro atoms. The zero-order valence-corrected chi connectivity index (χ0v) is 20.2. The molecule has 0 aliphatic carbocycles. The molecular formula is C28H29N3O3. The third-order valence-corrected chi connectivity index (χ3v) is 5.94. The van der Waals surface area contributed by atoms with Crippen LogP contribution in [0.5, 0.6) is 5.75 Å². The highest BCUT2D eigenvalue weighted by Crippen LogP contribution is 2.35. The molecule has 1 aliphatic rings. The van der Waals surface area contributed by atoms with Crippen molar-refractivity contribution >= 4 is 34.4 Å². The van der Waals surface area contributed by atoms with Crippen LogP contribution < -0.4 is 19.9 Å². The molecule has 6 nitrogen and oxygen atoms in total. The first kappa shape index (κ1) is 23.1. The van der Waals surface area contributed by atoms with Crippen molar-refractivity contribution in [3.63, 3.8) is 0 Å². The number of nitrogens with zero attached hydrogens (tertiary/aromatic N) is 2. The van der Waals surface area contributed by atoms with E-state index < -0.39 is 0 Å². The predicted molar refractivity (Wildman–Crippen MR) is 137 cm³/mol. The summed E-state index contributed by atoms with van der Waals surface area (Å²) >= 11 is 0. The zero-order chi connectivity index (χ0) is 24.4. The normalized spacial score (nSPS) is 13.5. The standard InChI is InChI=1S/C28H29N3O3/c1-6-34-24-15-8-20(9-16-24)25-26(29-21-10-13-22(14-11-21)30(4)5)28(33)31(27(25)32)23-12-7-18(2)19(3)17-23/h7-17,29H,6H2,1-5H3. The number of ether oxygens (including phenoxy) is 1. The number of benzene rings is 3. The van der Waals surface area contributed by atoms with Crippen LogP contribution in [-0.4, -0.2) is 32.5 Å². The number of carbonyl (C=O) groups is 2. The lowest BCUT2D eigenvalue weighted by Gasteiger charge is -2.17. The van der Waals surface area contributed by atoms with E-state index in [-0.39, 0.29) is 17.5 Å². The summed E-state index contributed by atoms with van der Waals surface area (Å²) in [6, 6.07) is 20.6. The van der Waals surface area contributed by atoms with Crippen LogP contribution in [0.25, 0.3) is 5.57 Å². The maximum atomic E-state index is 13.6. The minimum atomic E-state index is -0.381. The van der Waals surface area contributed by atoms with Crippen molar-refractivity contribution in [1.82, 2.24) is 0 Å². The monoisotopic (exact) mass is 455 g/mol. The van der Waals surface area contributed by atoms with Gasteiger partial charge in [0.15, 0.2) is 0 Å². The van der Waals surface area contributed by atoms with Gasteiger partial charge >= 0.3 is 0 Å². The molecule has 1 heterocycles. The number of nitrogens with one attached hydrogen (secondary N) is 1. The van der Waals surface area contributed by atoms with E-state index in [2.05, 4.69) is 5.32 Å². The Morgan fingerprint density at radius 2 is 1.53 bits per heavy atom. The Balaban J connectivity index is 1.77. The Bertz CT molecular complexity index is 1260. The largest absolute Gasteiger partial charge is 0.494 e. The third kappa shape index (κ3) is 4.39. The lowest BCUT2D eigenvalue weighted by Crippen LogP contribution is -2.32. The van der Waals surface area contributed by atoms with E-state index in [0.29, 0.717) is 29.2 Å². The molecular weight excluding hydrogens is 426 g/mol. The number of anilines is 3. The van der Waals surface area contributed by atoms with Gasteiger partial charge in [-0.25, -0.2) is 4.90 Å². The Hall–Kier alpha value is -4.06. The topological polar surface area (TPSA) is 61.9 Å². The molecule has 3 aromatic rings. The molecule has 0 bridgehead atoms. The molecule has 1 N–H and O–H groups in total. The van der Waals surface area contributed by atoms with Crippen molar-refractivity contribution in [2.45, 2.75) is 20.8 Å². The summed E-state index contributed by atoms with van der Waals surface area (Å²) in [5, 5.41) is 3.22. The second-order valence-corrected chi connectivity index (χ2v) is 8.49. The summed E-state index contributed by atoms with van der Waals surface area (Å²) in [5.41, 5.74) is 5.68. The third-order valence-electron chi connectivity index (χ3n) is 5.94. The van der Waals surface area contributed by atoms with E-state index in [4.69, 9.17) is 4.74 Å². The van der Waals surface area contributed by atoms with Crippen molar-refractivity contribution in [2.75, 3.05) is 35.8 Å². The van der Waals surface area contributed by atoms with Crippen LogP contribution in [0.4, 0.5) is 17.1 Å². The quantitative estimate of drug-likeness (QED) is 0.499. The minimum Gasteiger partial charge on any atom is -0.494 e. The maximum Gasteiger partial charge on any atom is 0.282 e. The van der Waals surface area contributed by atoms with Gasteiger partial charge in [-0.2, -0.15) is 0 Å². The SMILES string of the molecule is CCOc1ccc(C2=C(Nc3ccc(N(C)C)cc3)C(=O)N(c3ccc(C)c(C)c3)C2=O)cc1. The molecule has 0 fully saturated rings. The van der Waals surface area contributed by atoms with Gasteiger partial charge in [-0.1, -0.05) is 18.2 Å². The van der Waals surface area contributed by atoms with Gasteiger partial charge in [0.2, 0.25) is 0 Å². The van der Waals surface area contributed by atoms with Gasteiger partial charge in [0.25, 0.3) is 11.8 Å². The lowest BCUT2D eigenvalue weighted by molar-refractivity contribution is -0.120. The van der Waals surface area contributed by atoms with Crippen molar-refractivity contribution in [2.24, 2.45) is 0 Å². The van der Waals surface area contributed by atoms with Crippen LogP contribution in [0.3, 0.4) is 0 Å². The Kier molecular flexibility index (Phi) is 6.41. The smallest absolute Gasteiger partial charge is 0.282 e. The molecule has 4 rings (SSSR count). The van der Waals surface area contributed by atoms with Crippen molar-refractivity contribution in [3.05, 3.63) is 89.1 Å². The highest BCUT2D eigenvalue weighted by molar-refractivity contribution is 6.46. The summed E-state index contributed by atoms with van der Waals surface area (Å²) in [5.74, 6) is -0.0259. The van der Waals surface area contributed by atoms with Crippen molar-refractivity contribution in [3.8, 4) is 5.75 Å². The number of carbonyl (C=O) groups excluding carboxylic acids is 2. The van der Waals surface area contributed by atoms with Gasteiger partial charge in [-0.05, 0) is 86.0 Å². The molecule has 0 saturated heterocycles. The molecule has 34 heavy (non-hydrogen) atoms. The Morgan fingerprint density at radius 1 is 0.853 bits per heavy atom. The summed E-state index contributed by atoms with van der Waals surface area (Å²) in [4.78, 5) is 30.5. The summed E-state index contributed by atoms with van der Waals surface area (Å²) in [6.45, 7) is 6.44. The van der Waals surface area contributed by atoms with Crippen molar-refractivity contribution < 1.29 is 14.3 Å². The van der Waals surface area contributed by atoms with Gasteiger partial charge in [0.05, 0.1) is 17.9 Å². The molecule has 3 aromatic carbocycles. The summed E-state index contributed by atoms with van der Waals surface area (Å²) in [7, 11) is 3.94. The molecule has 2 amide bonds. The van der Waals surface area contributed by atoms with Gasteiger partial charge in [-0.15, -0.1) is 0 Å². The van der Waals surface area contributed by atoms with Crippen LogP contribution in [0.2, 0.25) is 0 Å². The molecule has 0 radical (unpaired) electrons. The van der Waals surface area contributed by atoms with E-state index >= 15 is 0 Å². The lowest BCUT2D eigenvalue weighted by atomic mass is 10.0. The first-order valence-electron chi connectivity index (χ1n) is 11.3. The van der Waals surface area contributed by atoms with Crippen LogP contribution in [0.15, 0.2) is 72.4 Å². The number of amides is 2. The molecule has 0 saturated carbocycles. The fraction of sp³-hybridized carbons (Fsp3) is 0.214. The average molecular weight is 456 g/mol. The predicted octanol–water partition coefficient (Wildman–Crippen LogP) is 5.16. The van der Waals surface area contributed by atoms with Gasteiger partial charge < -0.3 is 15.0 Å². The second-order valence-electron chi connectivity index (χ2n) is 8.49. The van der Waals surface area contributed by atoms with E-state index in [1.165, 1.54) is 4.90 Å². The first-order chi connectivity index (χ1) is 16.3. The maximum absolute atomic E-state index is 13.6. The average Bonchev–Trinajstić information content (AvgIpc) is 3.06. The highest BCUT2D eigenvalue weighted by Gasteiger charge is 2.40. The first-order valence-corrected chi connectivity index (χ1v) is 11.3. The van der Waals surface area contributed by atoms with Crippen LogP contribution in [0.1, 0.15) is 23.6 Å². The number of hydrogen-bond donors (Lipinski definition) is 1. The van der Waals surface area contributed by atoms with Crippen LogP contribution >= 0.6 is 0 Å². The second kappa shape index (κ2) is 9.43. The molecule has 174 valence electrons. The number of aryl methyl sites for hydroxylation is 2.